The van der Waals surface area contributed by atoms with Crippen molar-refractivity contribution in [1.29, 1.82) is 0 Å². The van der Waals surface area contributed by atoms with Gasteiger partial charge in [0, 0.05) is 10.8 Å². The minimum atomic E-state index is -0.826. The fourth-order valence-corrected chi connectivity index (χ4v) is 2.86. The maximum absolute atomic E-state index is 10.6. The molecule has 2 aromatic heterocycles. The molecule has 2 aromatic rings. The Morgan fingerprint density at radius 2 is 2.27 bits per heavy atom. The molecule has 0 spiro atoms. The molecule has 2 heterocycles. The lowest BCUT2D eigenvalue weighted by Gasteiger charge is -1.83. The minimum absolute atomic E-state index is 0.454. The molecule has 11 heavy (non-hydrogen) atoms. The van der Waals surface area contributed by atoms with E-state index in [1.165, 1.54) is 22.7 Å². The minimum Gasteiger partial charge on any atom is -0.477 e. The van der Waals surface area contributed by atoms with Gasteiger partial charge in [0.05, 0.1) is 4.70 Å². The van der Waals surface area contributed by atoms with Gasteiger partial charge in [-0.1, -0.05) is 0 Å². The lowest BCUT2D eigenvalue weighted by Crippen LogP contribution is -1.90. The molecule has 0 unspecified atom stereocenters. The van der Waals surface area contributed by atoms with Crippen molar-refractivity contribution in [2.24, 2.45) is 0 Å². The molecule has 4 heteroatoms. The summed E-state index contributed by atoms with van der Waals surface area (Å²) in [5, 5.41) is 13.5. The van der Waals surface area contributed by atoms with E-state index in [0.717, 1.165) is 10.1 Å². The number of rotatable bonds is 1. The first kappa shape index (κ1) is 6.82. The van der Waals surface area contributed by atoms with E-state index in [0.29, 0.717) is 4.88 Å². The molecule has 0 aliphatic carbocycles. The molecule has 0 aliphatic rings. The quantitative estimate of drug-likeness (QED) is 0.739. The molecule has 56 valence electrons. The lowest BCUT2D eigenvalue weighted by atomic mass is 10.4. The molecule has 0 saturated carbocycles. The maximum atomic E-state index is 10.6. The predicted molar refractivity (Wildman–Crippen MR) is 46.7 cm³/mol. The summed E-state index contributed by atoms with van der Waals surface area (Å²) >= 11 is 2.77. The van der Waals surface area contributed by atoms with E-state index in [2.05, 4.69) is 0 Å². The zero-order chi connectivity index (χ0) is 7.84. The highest BCUT2D eigenvalue weighted by atomic mass is 32.1. The summed E-state index contributed by atoms with van der Waals surface area (Å²) in [6, 6.07) is 1.93. The van der Waals surface area contributed by atoms with Crippen LogP contribution < -0.4 is 0 Å². The normalized spacial score (nSPS) is 10.5. The summed E-state index contributed by atoms with van der Waals surface area (Å²) in [5.41, 5.74) is 0. The van der Waals surface area contributed by atoms with E-state index in [1.807, 2.05) is 16.8 Å². The first-order chi connectivity index (χ1) is 5.29. The van der Waals surface area contributed by atoms with E-state index >= 15 is 0 Å². The summed E-state index contributed by atoms with van der Waals surface area (Å²) < 4.78 is 0.891. The third-order valence-corrected chi connectivity index (χ3v) is 3.46. The van der Waals surface area contributed by atoms with Crippen LogP contribution in [0.25, 0.3) is 10.1 Å². The zero-order valence-electron chi connectivity index (χ0n) is 5.40. The molecular formula is C7H4O2S2. The van der Waals surface area contributed by atoms with E-state index in [9.17, 15) is 4.79 Å². The standard InChI is InChI=1S/C7H4O2S2/c8-7(9)6-5-4(3-11-6)1-2-10-5/h1-3H,(H,8,9). The Kier molecular flexibility index (Phi) is 1.44. The van der Waals surface area contributed by atoms with E-state index < -0.39 is 5.97 Å². The monoisotopic (exact) mass is 184 g/mol. The van der Waals surface area contributed by atoms with Gasteiger partial charge in [0.15, 0.2) is 0 Å². The zero-order valence-corrected chi connectivity index (χ0v) is 7.04. The van der Waals surface area contributed by atoms with Gasteiger partial charge in [-0.15, -0.1) is 22.7 Å². The first-order valence-electron chi connectivity index (χ1n) is 2.97. The van der Waals surface area contributed by atoms with Gasteiger partial charge in [0.2, 0.25) is 0 Å². The smallest absolute Gasteiger partial charge is 0.347 e. The molecule has 2 rings (SSSR count). The third-order valence-electron chi connectivity index (χ3n) is 1.40. The molecule has 1 N–H and O–H groups in total. The van der Waals surface area contributed by atoms with E-state index in [4.69, 9.17) is 5.11 Å². The van der Waals surface area contributed by atoms with Crippen molar-refractivity contribution < 1.29 is 9.90 Å². The Bertz CT molecular complexity index is 399. The summed E-state index contributed by atoms with van der Waals surface area (Å²) in [7, 11) is 0. The van der Waals surface area contributed by atoms with Gasteiger partial charge in [-0.2, -0.15) is 0 Å². The van der Waals surface area contributed by atoms with Crippen molar-refractivity contribution in [2.75, 3.05) is 0 Å². The third kappa shape index (κ3) is 0.948. The molecule has 0 bridgehead atoms. The van der Waals surface area contributed by atoms with Crippen molar-refractivity contribution in [3.63, 3.8) is 0 Å². The van der Waals surface area contributed by atoms with Crippen molar-refractivity contribution in [2.45, 2.75) is 0 Å². The molecule has 0 atom stereocenters. The maximum Gasteiger partial charge on any atom is 0.347 e. The Morgan fingerprint density at radius 1 is 1.45 bits per heavy atom. The molecular weight excluding hydrogens is 180 g/mol. The predicted octanol–water partition coefficient (Wildman–Crippen LogP) is 2.66. The van der Waals surface area contributed by atoms with E-state index in [1.54, 1.807) is 0 Å². The number of fused-ring (bicyclic) bond motifs is 1. The highest BCUT2D eigenvalue weighted by molar-refractivity contribution is 7.23. The Labute approximate surface area is 70.7 Å². The molecule has 0 aromatic carbocycles. The lowest BCUT2D eigenvalue weighted by molar-refractivity contribution is 0.0704. The van der Waals surface area contributed by atoms with Gasteiger partial charge in [0.1, 0.15) is 4.88 Å². The van der Waals surface area contributed by atoms with Crippen LogP contribution in [-0.2, 0) is 0 Å². The second-order valence-corrected chi connectivity index (χ2v) is 3.87. The highest BCUT2D eigenvalue weighted by Crippen LogP contribution is 2.30. The highest BCUT2D eigenvalue weighted by Gasteiger charge is 2.10. The fraction of sp³-hybridized carbons (Fsp3) is 0. The number of hydrogen-bond acceptors (Lipinski definition) is 3. The summed E-state index contributed by atoms with van der Waals surface area (Å²) in [6.45, 7) is 0. The van der Waals surface area contributed by atoms with Gasteiger partial charge >= 0.3 is 5.97 Å². The van der Waals surface area contributed by atoms with Gasteiger partial charge in [-0.3, -0.25) is 0 Å². The Hall–Kier alpha value is -0.870. The van der Waals surface area contributed by atoms with Gasteiger partial charge in [-0.25, -0.2) is 4.79 Å². The Balaban J connectivity index is 2.78. The molecule has 0 radical (unpaired) electrons. The summed E-state index contributed by atoms with van der Waals surface area (Å²) in [6.07, 6.45) is 0. The fourth-order valence-electron chi connectivity index (χ4n) is 0.920. The van der Waals surface area contributed by atoms with E-state index in [-0.39, 0.29) is 0 Å². The van der Waals surface area contributed by atoms with Crippen molar-refractivity contribution in [1.82, 2.24) is 0 Å². The second kappa shape index (κ2) is 2.32. The number of aromatic carboxylic acids is 1. The number of carboxylic acids is 1. The van der Waals surface area contributed by atoms with Crippen LogP contribution in [0.3, 0.4) is 0 Å². The van der Waals surface area contributed by atoms with Gasteiger partial charge in [-0.05, 0) is 11.4 Å². The molecule has 0 saturated heterocycles. The molecule has 0 aliphatic heterocycles. The number of hydrogen-bond donors (Lipinski definition) is 1. The summed E-state index contributed by atoms with van der Waals surface area (Å²) in [4.78, 5) is 11.0. The first-order valence-corrected chi connectivity index (χ1v) is 4.73. The number of carbonyl (C=O) groups is 1. The molecule has 2 nitrogen and oxygen atoms in total. The van der Waals surface area contributed by atoms with Crippen LogP contribution in [0.2, 0.25) is 0 Å². The average Bonchev–Trinajstić information content (AvgIpc) is 2.41. The van der Waals surface area contributed by atoms with Crippen LogP contribution in [0.5, 0.6) is 0 Å². The second-order valence-electron chi connectivity index (χ2n) is 2.08. The van der Waals surface area contributed by atoms with Crippen molar-refractivity contribution in [3.8, 4) is 0 Å². The van der Waals surface area contributed by atoms with Crippen molar-refractivity contribution >= 4 is 38.7 Å². The van der Waals surface area contributed by atoms with Crippen LogP contribution >= 0.6 is 22.7 Å². The van der Waals surface area contributed by atoms with Crippen LogP contribution in [0.4, 0.5) is 0 Å². The van der Waals surface area contributed by atoms with Crippen LogP contribution in [0, 0.1) is 0 Å². The van der Waals surface area contributed by atoms with Gasteiger partial charge in [0.25, 0.3) is 0 Å². The molecule has 0 fully saturated rings. The van der Waals surface area contributed by atoms with Crippen molar-refractivity contribution in [3.05, 3.63) is 21.7 Å². The Morgan fingerprint density at radius 3 is 3.00 bits per heavy atom. The largest absolute Gasteiger partial charge is 0.477 e. The summed E-state index contributed by atoms with van der Waals surface area (Å²) in [5.74, 6) is -0.826. The van der Waals surface area contributed by atoms with Crippen LogP contribution in [-0.4, -0.2) is 11.1 Å². The average molecular weight is 184 g/mol. The SMILES string of the molecule is O=C(O)c1scc2ccsc12. The number of carboxylic acid groups (broad SMARTS) is 1. The topological polar surface area (TPSA) is 37.3 Å². The van der Waals surface area contributed by atoms with Crippen LogP contribution in [0.15, 0.2) is 16.8 Å². The number of thiophene rings is 2. The molecule has 0 amide bonds. The van der Waals surface area contributed by atoms with Crippen LogP contribution in [0.1, 0.15) is 9.67 Å². The van der Waals surface area contributed by atoms with Gasteiger partial charge < -0.3 is 5.11 Å².